The summed E-state index contributed by atoms with van der Waals surface area (Å²) in [5, 5.41) is 2.87. The Balaban J connectivity index is 1.76. The maximum Gasteiger partial charge on any atom is 0.264 e. The lowest BCUT2D eigenvalue weighted by Gasteiger charge is -2.32. The Bertz CT molecular complexity index is 1110. The minimum atomic E-state index is -0.827. The monoisotopic (exact) mass is 482 g/mol. The summed E-state index contributed by atoms with van der Waals surface area (Å²) in [5.41, 5.74) is 2.03. The lowest BCUT2D eigenvalue weighted by atomic mass is 9.95. The number of rotatable bonds is 4. The van der Waals surface area contributed by atoms with E-state index in [-0.39, 0.29) is 24.2 Å². The van der Waals surface area contributed by atoms with E-state index in [4.69, 9.17) is 4.74 Å². The molecule has 0 aliphatic carbocycles. The number of hydrogen-bond donors (Lipinski definition) is 1. The number of nitrogens with one attached hydrogen (secondary N) is 1. The van der Waals surface area contributed by atoms with E-state index in [9.17, 15) is 14.0 Å². The Morgan fingerprint density at radius 1 is 1.13 bits per heavy atom. The van der Waals surface area contributed by atoms with Crippen LogP contribution in [0.2, 0.25) is 0 Å². The molecule has 0 bridgehead atoms. The molecule has 7 heteroatoms. The Labute approximate surface area is 188 Å². The molecule has 0 saturated carbocycles. The number of carbonyl (C=O) groups is 2. The van der Waals surface area contributed by atoms with Gasteiger partial charge in [-0.3, -0.25) is 9.59 Å². The van der Waals surface area contributed by atoms with E-state index in [1.54, 1.807) is 37.3 Å². The lowest BCUT2D eigenvalue weighted by Crippen LogP contribution is -2.45. The molecular weight excluding hydrogens is 463 g/mol. The van der Waals surface area contributed by atoms with E-state index in [1.807, 2.05) is 30.3 Å². The second kappa shape index (κ2) is 8.89. The maximum atomic E-state index is 13.6. The SMILES string of the molecule is C[C@H](Oc1ccccc1)C(=O)N1CC(=O)Nc2ccc(Br)cc2[C@@H]1c1ccc(F)cc1. The summed E-state index contributed by atoms with van der Waals surface area (Å²) in [4.78, 5) is 27.6. The van der Waals surface area contributed by atoms with Crippen LogP contribution in [0.15, 0.2) is 77.3 Å². The molecule has 158 valence electrons. The number of nitrogens with zero attached hydrogens (tertiary/aromatic N) is 1. The van der Waals surface area contributed by atoms with Crippen LogP contribution in [0.4, 0.5) is 10.1 Å². The topological polar surface area (TPSA) is 58.6 Å². The highest BCUT2D eigenvalue weighted by atomic mass is 79.9. The number of carbonyl (C=O) groups excluding carboxylic acids is 2. The van der Waals surface area contributed by atoms with Crippen LogP contribution in [0, 0.1) is 5.82 Å². The van der Waals surface area contributed by atoms with Crippen molar-refractivity contribution < 1.29 is 18.7 Å². The molecule has 31 heavy (non-hydrogen) atoms. The van der Waals surface area contributed by atoms with Crippen molar-refractivity contribution in [2.45, 2.75) is 19.1 Å². The number of halogens is 2. The van der Waals surface area contributed by atoms with Crippen LogP contribution in [0.1, 0.15) is 24.1 Å². The van der Waals surface area contributed by atoms with Gasteiger partial charge < -0.3 is 15.0 Å². The largest absolute Gasteiger partial charge is 0.481 e. The first-order valence-corrected chi connectivity index (χ1v) is 10.6. The predicted octanol–water partition coefficient (Wildman–Crippen LogP) is 4.93. The zero-order valence-electron chi connectivity index (χ0n) is 16.7. The van der Waals surface area contributed by atoms with Gasteiger partial charge in [-0.05, 0) is 55.0 Å². The van der Waals surface area contributed by atoms with E-state index in [0.717, 1.165) is 10.0 Å². The van der Waals surface area contributed by atoms with Crippen LogP contribution < -0.4 is 10.1 Å². The zero-order valence-corrected chi connectivity index (χ0v) is 18.3. The third kappa shape index (κ3) is 4.61. The van der Waals surface area contributed by atoms with Gasteiger partial charge in [0.1, 0.15) is 18.1 Å². The van der Waals surface area contributed by atoms with Crippen molar-refractivity contribution in [1.82, 2.24) is 4.90 Å². The van der Waals surface area contributed by atoms with Crippen molar-refractivity contribution in [2.75, 3.05) is 11.9 Å². The Hall–Kier alpha value is -3.19. The molecular formula is C24H20BrFN2O3. The van der Waals surface area contributed by atoms with E-state index in [2.05, 4.69) is 21.2 Å². The van der Waals surface area contributed by atoms with Gasteiger partial charge in [-0.25, -0.2) is 4.39 Å². The summed E-state index contributed by atoms with van der Waals surface area (Å²) in [5.74, 6) is -0.474. The Morgan fingerprint density at radius 3 is 2.55 bits per heavy atom. The molecule has 4 rings (SSSR count). The molecule has 0 aromatic heterocycles. The normalized spacial score (nSPS) is 16.7. The molecule has 1 aliphatic rings. The Kier molecular flexibility index (Phi) is 6.04. The van der Waals surface area contributed by atoms with Gasteiger partial charge in [0.15, 0.2) is 6.10 Å². The molecule has 1 heterocycles. The third-order valence-electron chi connectivity index (χ3n) is 5.08. The van der Waals surface area contributed by atoms with Crippen molar-refractivity contribution in [1.29, 1.82) is 0 Å². The van der Waals surface area contributed by atoms with Crippen molar-refractivity contribution in [3.05, 3.63) is 94.2 Å². The fraction of sp³-hybridized carbons (Fsp3) is 0.167. The molecule has 3 aromatic carbocycles. The second-order valence-electron chi connectivity index (χ2n) is 7.27. The highest BCUT2D eigenvalue weighted by Gasteiger charge is 2.36. The first kappa shape index (κ1) is 21.1. The number of para-hydroxylation sites is 1. The molecule has 1 aliphatic heterocycles. The standard InChI is InChI=1S/C24H20BrFN2O3/c1-15(31-19-5-3-2-4-6-19)24(30)28-14-22(29)27-21-12-9-17(25)13-20(21)23(28)16-7-10-18(26)11-8-16/h2-13,15,23H,14H2,1H3,(H,27,29)/t15-,23-/m0/s1. The molecule has 0 radical (unpaired) electrons. The van der Waals surface area contributed by atoms with Crippen LogP contribution >= 0.6 is 15.9 Å². The average molecular weight is 483 g/mol. The van der Waals surface area contributed by atoms with Gasteiger partial charge in [0.05, 0.1) is 6.04 Å². The minimum Gasteiger partial charge on any atom is -0.481 e. The highest BCUT2D eigenvalue weighted by Crippen LogP contribution is 2.37. The van der Waals surface area contributed by atoms with Gasteiger partial charge in [-0.15, -0.1) is 0 Å². The van der Waals surface area contributed by atoms with Crippen LogP contribution in [-0.4, -0.2) is 29.4 Å². The second-order valence-corrected chi connectivity index (χ2v) is 8.19. The van der Waals surface area contributed by atoms with Crippen LogP contribution in [-0.2, 0) is 9.59 Å². The van der Waals surface area contributed by atoms with Crippen LogP contribution in [0.5, 0.6) is 5.75 Å². The number of fused-ring (bicyclic) bond motifs is 1. The van der Waals surface area contributed by atoms with Crippen molar-refractivity contribution in [3.63, 3.8) is 0 Å². The predicted molar refractivity (Wildman–Crippen MR) is 119 cm³/mol. The lowest BCUT2D eigenvalue weighted by molar-refractivity contribution is -0.142. The maximum absolute atomic E-state index is 13.6. The van der Waals surface area contributed by atoms with Gasteiger partial charge in [0.25, 0.3) is 5.91 Å². The molecule has 1 N–H and O–H groups in total. The molecule has 2 amide bonds. The molecule has 0 fully saturated rings. The molecule has 0 unspecified atom stereocenters. The molecule has 0 spiro atoms. The molecule has 2 atom stereocenters. The number of ether oxygens (including phenoxy) is 1. The smallest absolute Gasteiger partial charge is 0.264 e. The fourth-order valence-corrected chi connectivity index (χ4v) is 4.05. The molecule has 0 saturated heterocycles. The van der Waals surface area contributed by atoms with E-state index in [1.165, 1.54) is 17.0 Å². The number of hydrogen-bond acceptors (Lipinski definition) is 3. The fourth-order valence-electron chi connectivity index (χ4n) is 3.67. The van der Waals surface area contributed by atoms with Crippen LogP contribution in [0.25, 0.3) is 0 Å². The first-order valence-electron chi connectivity index (χ1n) is 9.79. The van der Waals surface area contributed by atoms with Gasteiger partial charge >= 0.3 is 0 Å². The Morgan fingerprint density at radius 2 is 1.84 bits per heavy atom. The van der Waals surface area contributed by atoms with Crippen molar-refractivity contribution >= 4 is 33.4 Å². The summed E-state index contributed by atoms with van der Waals surface area (Å²) in [6.07, 6.45) is -0.827. The summed E-state index contributed by atoms with van der Waals surface area (Å²) >= 11 is 3.47. The van der Waals surface area contributed by atoms with Crippen molar-refractivity contribution in [2.24, 2.45) is 0 Å². The average Bonchev–Trinajstić information content (AvgIpc) is 2.90. The summed E-state index contributed by atoms with van der Waals surface area (Å²) in [6.45, 7) is 1.50. The van der Waals surface area contributed by atoms with E-state index < -0.39 is 12.1 Å². The van der Waals surface area contributed by atoms with E-state index in [0.29, 0.717) is 17.0 Å². The molecule has 5 nitrogen and oxygen atoms in total. The summed E-state index contributed by atoms with van der Waals surface area (Å²) < 4.78 is 20.2. The van der Waals surface area contributed by atoms with E-state index >= 15 is 0 Å². The summed E-state index contributed by atoms with van der Waals surface area (Å²) in [6, 6.07) is 19.8. The van der Waals surface area contributed by atoms with Gasteiger partial charge in [0.2, 0.25) is 5.91 Å². The highest BCUT2D eigenvalue weighted by molar-refractivity contribution is 9.10. The first-order chi connectivity index (χ1) is 14.9. The number of anilines is 1. The van der Waals surface area contributed by atoms with Crippen molar-refractivity contribution in [3.8, 4) is 5.75 Å². The number of amides is 2. The minimum absolute atomic E-state index is 0.157. The molecule has 3 aromatic rings. The van der Waals surface area contributed by atoms with Gasteiger partial charge in [-0.2, -0.15) is 0 Å². The van der Waals surface area contributed by atoms with Crippen LogP contribution in [0.3, 0.4) is 0 Å². The zero-order chi connectivity index (χ0) is 22.0. The third-order valence-corrected chi connectivity index (χ3v) is 5.57. The number of benzene rings is 3. The quantitative estimate of drug-likeness (QED) is 0.573. The van der Waals surface area contributed by atoms with Gasteiger partial charge in [-0.1, -0.05) is 46.3 Å². The summed E-state index contributed by atoms with van der Waals surface area (Å²) in [7, 11) is 0. The van der Waals surface area contributed by atoms with Gasteiger partial charge in [0, 0.05) is 15.7 Å².